The topological polar surface area (TPSA) is 29.5 Å². The summed E-state index contributed by atoms with van der Waals surface area (Å²) in [5.74, 6) is 0.663. The average Bonchev–Trinajstić information content (AvgIpc) is 2.11. The van der Waals surface area contributed by atoms with Crippen LogP contribution in [0.1, 0.15) is 41.5 Å². The molecule has 2 nitrogen and oxygen atoms in total. The molecule has 1 fully saturated rings. The highest BCUT2D eigenvalue weighted by Gasteiger charge is 2.65. The molecule has 0 heterocycles. The number of aliphatic hydroxyl groups is 1. The van der Waals surface area contributed by atoms with Gasteiger partial charge in [-0.25, -0.2) is 0 Å². The monoisotopic (exact) mass is 282 g/mol. The van der Waals surface area contributed by atoms with Crippen molar-refractivity contribution in [1.29, 1.82) is 0 Å². The first-order chi connectivity index (χ1) is 8.31. The second-order valence-corrected chi connectivity index (χ2v) is 13.5. The van der Waals surface area contributed by atoms with Crippen LogP contribution < -0.4 is 0 Å². The molecular formula is C16H30O2Si. The molecule has 0 aromatic heterocycles. The molecule has 3 rings (SSSR count). The van der Waals surface area contributed by atoms with Gasteiger partial charge in [-0.1, -0.05) is 46.8 Å². The van der Waals surface area contributed by atoms with E-state index in [4.69, 9.17) is 4.43 Å². The number of hydrogen-bond donors (Lipinski definition) is 1. The Bertz CT molecular complexity index is 401. The van der Waals surface area contributed by atoms with Gasteiger partial charge >= 0.3 is 0 Å². The summed E-state index contributed by atoms with van der Waals surface area (Å²) in [6, 6.07) is 0. The quantitative estimate of drug-likeness (QED) is 0.613. The second kappa shape index (κ2) is 3.96. The van der Waals surface area contributed by atoms with E-state index < -0.39 is 13.9 Å². The van der Waals surface area contributed by atoms with Crippen LogP contribution in [0, 0.1) is 17.3 Å². The smallest absolute Gasteiger partial charge is 0.192 e. The van der Waals surface area contributed by atoms with Crippen LogP contribution in [0.3, 0.4) is 0 Å². The van der Waals surface area contributed by atoms with E-state index in [-0.39, 0.29) is 22.5 Å². The largest absolute Gasteiger partial charge is 0.413 e. The predicted octanol–water partition coefficient (Wildman–Crippen LogP) is 3.97. The Balaban J connectivity index is 2.24. The molecule has 0 aromatic carbocycles. The minimum atomic E-state index is -1.77. The summed E-state index contributed by atoms with van der Waals surface area (Å²) in [4.78, 5) is 0. The molecule has 1 N–H and O–H groups in total. The Labute approximate surface area is 119 Å². The van der Waals surface area contributed by atoms with Gasteiger partial charge < -0.3 is 9.53 Å². The number of rotatable bonds is 2. The van der Waals surface area contributed by atoms with Crippen LogP contribution in [-0.4, -0.2) is 25.1 Å². The maximum atomic E-state index is 10.6. The van der Waals surface area contributed by atoms with E-state index in [9.17, 15) is 5.11 Å². The molecule has 1 saturated carbocycles. The Hall–Kier alpha value is -0.123. The molecule has 0 amide bonds. The Kier molecular flexibility index (Phi) is 3.18. The van der Waals surface area contributed by atoms with Crippen molar-refractivity contribution in [2.75, 3.05) is 0 Å². The SMILES string of the molecule is CC1(O)C=C[C@@H]2[C@@H](O[Si](C)(C)C(C)(C)C)[C@H]1C2(C)C. The molecule has 3 aliphatic rings. The van der Waals surface area contributed by atoms with Crippen molar-refractivity contribution >= 4 is 8.32 Å². The summed E-state index contributed by atoms with van der Waals surface area (Å²) in [7, 11) is -1.77. The molecule has 0 saturated heterocycles. The lowest BCUT2D eigenvalue weighted by atomic mass is 9.45. The minimum absolute atomic E-state index is 0.144. The maximum Gasteiger partial charge on any atom is 0.192 e. The third-order valence-corrected chi connectivity index (χ3v) is 10.3. The van der Waals surface area contributed by atoms with Gasteiger partial charge in [0.2, 0.25) is 0 Å². The summed E-state index contributed by atoms with van der Waals surface area (Å²) in [5.41, 5.74) is -0.587. The van der Waals surface area contributed by atoms with Gasteiger partial charge in [-0.3, -0.25) is 0 Å². The first-order valence-electron chi connectivity index (χ1n) is 7.40. The zero-order valence-electron chi connectivity index (χ0n) is 13.7. The molecule has 3 heteroatoms. The zero-order chi connectivity index (χ0) is 14.9. The van der Waals surface area contributed by atoms with Crippen LogP contribution in [0.2, 0.25) is 18.1 Å². The van der Waals surface area contributed by atoms with Crippen molar-refractivity contribution in [2.24, 2.45) is 17.3 Å². The standard InChI is InChI=1S/C16H30O2Si/c1-14(2,3)19(7,8)18-12-11-9-10-16(6,17)13(12)15(11,4)5/h9-13,17H,1-8H3/t11-,12-,13+,16?/m1/s1. The lowest BCUT2D eigenvalue weighted by Crippen LogP contribution is -2.69. The van der Waals surface area contributed by atoms with Crippen LogP contribution in [0.5, 0.6) is 0 Å². The Morgan fingerprint density at radius 3 is 2.05 bits per heavy atom. The molecule has 1 unspecified atom stereocenters. The number of fused-ring (bicyclic) bond motifs is 1. The lowest BCUT2D eigenvalue weighted by molar-refractivity contribution is -0.203. The Morgan fingerprint density at radius 2 is 1.68 bits per heavy atom. The van der Waals surface area contributed by atoms with Crippen molar-refractivity contribution < 1.29 is 9.53 Å². The second-order valence-electron chi connectivity index (χ2n) is 8.75. The fourth-order valence-corrected chi connectivity index (χ4v) is 4.96. The van der Waals surface area contributed by atoms with Crippen molar-refractivity contribution in [3.8, 4) is 0 Å². The van der Waals surface area contributed by atoms with Gasteiger partial charge in [0.05, 0.1) is 11.7 Å². The molecular weight excluding hydrogens is 252 g/mol. The summed E-state index contributed by atoms with van der Waals surface area (Å²) in [6.45, 7) is 17.8. The van der Waals surface area contributed by atoms with Crippen molar-refractivity contribution in [2.45, 2.75) is 71.4 Å². The van der Waals surface area contributed by atoms with Crippen LogP contribution in [0.25, 0.3) is 0 Å². The molecule has 4 atom stereocenters. The Morgan fingerprint density at radius 1 is 1.16 bits per heavy atom. The zero-order valence-corrected chi connectivity index (χ0v) is 14.7. The molecule has 19 heavy (non-hydrogen) atoms. The van der Waals surface area contributed by atoms with Crippen molar-refractivity contribution in [3.05, 3.63) is 12.2 Å². The van der Waals surface area contributed by atoms with E-state index in [1.165, 1.54) is 0 Å². The van der Waals surface area contributed by atoms with E-state index in [2.05, 4.69) is 53.8 Å². The lowest BCUT2D eigenvalue weighted by Gasteiger charge is -2.65. The van der Waals surface area contributed by atoms with Crippen LogP contribution >= 0.6 is 0 Å². The van der Waals surface area contributed by atoms with E-state index in [1.807, 2.05) is 13.0 Å². The molecule has 0 spiro atoms. The molecule has 110 valence electrons. The van der Waals surface area contributed by atoms with E-state index in [0.717, 1.165) is 0 Å². The van der Waals surface area contributed by atoms with E-state index >= 15 is 0 Å². The minimum Gasteiger partial charge on any atom is -0.413 e. The van der Waals surface area contributed by atoms with Crippen LogP contribution in [0.4, 0.5) is 0 Å². The molecule has 3 aliphatic carbocycles. The van der Waals surface area contributed by atoms with Crippen LogP contribution in [-0.2, 0) is 4.43 Å². The third kappa shape index (κ3) is 2.14. The van der Waals surface area contributed by atoms with Gasteiger partial charge in [0.1, 0.15) is 0 Å². The van der Waals surface area contributed by atoms with Gasteiger partial charge in [-0.05, 0) is 30.5 Å². The first-order valence-corrected chi connectivity index (χ1v) is 10.3. The molecule has 0 aliphatic heterocycles. The van der Waals surface area contributed by atoms with Gasteiger partial charge in [0.25, 0.3) is 0 Å². The molecule has 0 radical (unpaired) electrons. The van der Waals surface area contributed by atoms with Gasteiger partial charge in [0, 0.05) is 11.8 Å². The maximum absolute atomic E-state index is 10.6. The van der Waals surface area contributed by atoms with E-state index in [1.54, 1.807) is 0 Å². The third-order valence-electron chi connectivity index (χ3n) is 5.85. The highest BCUT2D eigenvalue weighted by Crippen LogP contribution is 2.62. The summed E-state index contributed by atoms with van der Waals surface area (Å²) >= 11 is 0. The average molecular weight is 282 g/mol. The van der Waals surface area contributed by atoms with Crippen molar-refractivity contribution in [1.82, 2.24) is 0 Å². The van der Waals surface area contributed by atoms with Gasteiger partial charge in [-0.15, -0.1) is 0 Å². The predicted molar refractivity (Wildman–Crippen MR) is 82.6 cm³/mol. The molecule has 0 aromatic rings. The highest BCUT2D eigenvalue weighted by molar-refractivity contribution is 6.74. The molecule has 2 bridgehead atoms. The summed E-state index contributed by atoms with van der Waals surface area (Å²) < 4.78 is 6.60. The van der Waals surface area contributed by atoms with Crippen molar-refractivity contribution in [3.63, 3.8) is 0 Å². The van der Waals surface area contributed by atoms with Crippen LogP contribution in [0.15, 0.2) is 12.2 Å². The van der Waals surface area contributed by atoms with Gasteiger partial charge in [-0.2, -0.15) is 0 Å². The fraction of sp³-hybridized carbons (Fsp3) is 0.875. The summed E-state index contributed by atoms with van der Waals surface area (Å²) in [5, 5.41) is 10.9. The summed E-state index contributed by atoms with van der Waals surface area (Å²) in [6.07, 6.45) is 4.34. The van der Waals surface area contributed by atoms with Gasteiger partial charge in [0.15, 0.2) is 8.32 Å². The normalized spacial score (nSPS) is 41.0. The highest BCUT2D eigenvalue weighted by atomic mass is 28.4. The van der Waals surface area contributed by atoms with E-state index in [0.29, 0.717) is 5.92 Å². The first kappa shape index (κ1) is 15.3. The fourth-order valence-electron chi connectivity index (χ4n) is 3.65. The number of hydrogen-bond acceptors (Lipinski definition) is 2.